The maximum absolute atomic E-state index is 12.3. The normalized spacial score (nSPS) is 10.6. The lowest BCUT2D eigenvalue weighted by Crippen LogP contribution is -2.26. The molecule has 2 aromatic carbocycles. The topological polar surface area (TPSA) is 98.1 Å². The van der Waals surface area contributed by atoms with Gasteiger partial charge < -0.3 is 19.9 Å². The van der Waals surface area contributed by atoms with Crippen molar-refractivity contribution in [1.82, 2.24) is 20.1 Å². The van der Waals surface area contributed by atoms with Gasteiger partial charge in [0.25, 0.3) is 0 Å². The maximum atomic E-state index is 12.3. The minimum Gasteiger partial charge on any atom is -0.497 e. The average Bonchev–Trinajstić information content (AvgIpc) is 3.16. The molecule has 32 heavy (non-hydrogen) atoms. The Balaban J connectivity index is 1.46. The zero-order chi connectivity index (χ0) is 22.9. The Labute approximate surface area is 195 Å². The number of methoxy groups -OCH3 is 1. The number of benzene rings is 2. The van der Waals surface area contributed by atoms with Gasteiger partial charge in [-0.05, 0) is 42.2 Å². The molecule has 8 nitrogen and oxygen atoms in total. The summed E-state index contributed by atoms with van der Waals surface area (Å²) in [7, 11) is 3.42. The maximum Gasteiger partial charge on any atom is 0.234 e. The second kappa shape index (κ2) is 11.6. The fourth-order valence-electron chi connectivity index (χ4n) is 2.82. The Hall–Kier alpha value is -2.98. The van der Waals surface area contributed by atoms with E-state index in [1.807, 2.05) is 61.8 Å². The summed E-state index contributed by atoms with van der Waals surface area (Å²) in [6.07, 6.45) is 2.26. The van der Waals surface area contributed by atoms with E-state index in [-0.39, 0.29) is 30.5 Å². The first kappa shape index (κ1) is 23.7. The highest BCUT2D eigenvalue weighted by Gasteiger charge is 2.13. The van der Waals surface area contributed by atoms with Crippen LogP contribution in [0, 0.1) is 0 Å². The zero-order valence-electron chi connectivity index (χ0n) is 18.1. The molecular formula is C22H25N5O3S2. The van der Waals surface area contributed by atoms with Crippen LogP contribution in [0.15, 0.2) is 58.6 Å². The van der Waals surface area contributed by atoms with E-state index < -0.39 is 0 Å². The van der Waals surface area contributed by atoms with Crippen molar-refractivity contribution in [3.05, 3.63) is 59.9 Å². The fourth-order valence-corrected chi connectivity index (χ4v) is 4.01. The third-order valence-electron chi connectivity index (χ3n) is 4.58. The molecule has 0 bridgehead atoms. The number of ether oxygens (including phenoxy) is 1. The van der Waals surface area contributed by atoms with Gasteiger partial charge >= 0.3 is 0 Å². The summed E-state index contributed by atoms with van der Waals surface area (Å²) in [5.41, 5.74) is 1.66. The molecule has 2 amide bonds. The van der Waals surface area contributed by atoms with Crippen LogP contribution in [0.2, 0.25) is 0 Å². The first-order valence-electron chi connectivity index (χ1n) is 9.83. The molecular weight excluding hydrogens is 446 g/mol. The third kappa shape index (κ3) is 6.76. The molecule has 0 atom stereocenters. The highest BCUT2D eigenvalue weighted by molar-refractivity contribution is 7.99. The second-order valence-electron chi connectivity index (χ2n) is 6.83. The van der Waals surface area contributed by atoms with Crippen LogP contribution in [0.25, 0.3) is 0 Å². The first-order chi connectivity index (χ1) is 15.5. The Kier molecular flexibility index (Phi) is 8.57. The van der Waals surface area contributed by atoms with Gasteiger partial charge in [-0.25, -0.2) is 0 Å². The molecule has 0 fully saturated rings. The summed E-state index contributed by atoms with van der Waals surface area (Å²) in [5, 5.41) is 14.6. The summed E-state index contributed by atoms with van der Waals surface area (Å²) in [5.74, 6) is 1.34. The van der Waals surface area contributed by atoms with Crippen molar-refractivity contribution < 1.29 is 14.3 Å². The Morgan fingerprint density at radius 3 is 2.59 bits per heavy atom. The molecule has 2 N–H and O–H groups in total. The van der Waals surface area contributed by atoms with Crippen molar-refractivity contribution in [2.24, 2.45) is 7.05 Å². The van der Waals surface area contributed by atoms with Gasteiger partial charge in [-0.2, -0.15) is 0 Å². The van der Waals surface area contributed by atoms with E-state index in [9.17, 15) is 9.59 Å². The van der Waals surface area contributed by atoms with Gasteiger partial charge in [-0.15, -0.1) is 22.0 Å². The van der Waals surface area contributed by atoms with Crippen molar-refractivity contribution in [2.75, 3.05) is 24.4 Å². The molecule has 1 heterocycles. The quantitative estimate of drug-likeness (QED) is 0.438. The van der Waals surface area contributed by atoms with Crippen LogP contribution in [0.5, 0.6) is 5.75 Å². The number of nitrogens with zero attached hydrogens (tertiary/aromatic N) is 3. The van der Waals surface area contributed by atoms with E-state index in [4.69, 9.17) is 4.74 Å². The molecule has 3 aromatic rings. The Morgan fingerprint density at radius 2 is 1.88 bits per heavy atom. The van der Waals surface area contributed by atoms with Crippen LogP contribution in [0.1, 0.15) is 11.4 Å². The first-order valence-corrected chi connectivity index (χ1v) is 12.0. The number of hydrogen-bond donors (Lipinski definition) is 2. The van der Waals surface area contributed by atoms with Crippen molar-refractivity contribution >= 4 is 41.0 Å². The molecule has 1 aromatic heterocycles. The summed E-state index contributed by atoms with van der Waals surface area (Å²) in [4.78, 5) is 25.6. The number of carbonyl (C=O) groups excluding carboxylic acids is 2. The van der Waals surface area contributed by atoms with Crippen LogP contribution in [-0.2, 0) is 29.6 Å². The summed E-state index contributed by atoms with van der Waals surface area (Å²) in [6, 6.07) is 15.1. The van der Waals surface area contributed by atoms with E-state index in [0.29, 0.717) is 11.0 Å². The molecule has 10 heteroatoms. The van der Waals surface area contributed by atoms with Crippen molar-refractivity contribution in [2.45, 2.75) is 23.0 Å². The number of rotatable bonds is 10. The van der Waals surface area contributed by atoms with E-state index in [0.717, 1.165) is 21.9 Å². The third-order valence-corrected chi connectivity index (χ3v) is 6.32. The summed E-state index contributed by atoms with van der Waals surface area (Å²) < 4.78 is 6.90. The molecule has 0 radical (unpaired) electrons. The van der Waals surface area contributed by atoms with Crippen LogP contribution in [0.4, 0.5) is 5.69 Å². The minimum absolute atomic E-state index is 0.112. The molecule has 0 saturated heterocycles. The van der Waals surface area contributed by atoms with Crippen molar-refractivity contribution in [3.63, 3.8) is 0 Å². The molecule has 0 aliphatic carbocycles. The lowest BCUT2D eigenvalue weighted by Gasteiger charge is -2.08. The van der Waals surface area contributed by atoms with Gasteiger partial charge in [0.15, 0.2) is 11.0 Å². The van der Waals surface area contributed by atoms with Gasteiger partial charge in [-0.1, -0.05) is 30.0 Å². The highest BCUT2D eigenvalue weighted by atomic mass is 32.2. The highest BCUT2D eigenvalue weighted by Crippen LogP contribution is 2.20. The molecule has 0 saturated carbocycles. The average molecular weight is 472 g/mol. The van der Waals surface area contributed by atoms with Gasteiger partial charge in [0.05, 0.1) is 25.8 Å². The van der Waals surface area contributed by atoms with Crippen LogP contribution >= 0.6 is 23.5 Å². The molecule has 3 rings (SSSR count). The van der Waals surface area contributed by atoms with Gasteiger partial charge in [-0.3, -0.25) is 9.59 Å². The smallest absolute Gasteiger partial charge is 0.234 e. The number of amides is 2. The lowest BCUT2D eigenvalue weighted by molar-refractivity contribution is -0.120. The Morgan fingerprint density at radius 1 is 1.09 bits per heavy atom. The zero-order valence-corrected chi connectivity index (χ0v) is 19.8. The van der Waals surface area contributed by atoms with E-state index >= 15 is 0 Å². The van der Waals surface area contributed by atoms with Gasteiger partial charge in [0.2, 0.25) is 11.8 Å². The second-order valence-corrected chi connectivity index (χ2v) is 8.65. The lowest BCUT2D eigenvalue weighted by atomic mass is 10.1. The molecule has 0 aliphatic rings. The molecule has 0 unspecified atom stereocenters. The molecule has 0 spiro atoms. The van der Waals surface area contributed by atoms with Gasteiger partial charge in [0.1, 0.15) is 5.75 Å². The predicted octanol–water partition coefficient (Wildman–Crippen LogP) is 3.14. The Bertz CT molecular complexity index is 1070. The SMILES string of the molecule is COc1ccc(CC(=O)NCc2nnc(SCC(=O)Nc3cccc(SC)c3)n2C)cc1. The number of carbonyl (C=O) groups is 2. The minimum atomic E-state index is -0.120. The van der Waals surface area contributed by atoms with Crippen molar-refractivity contribution in [1.29, 1.82) is 0 Å². The summed E-state index contributed by atoms with van der Waals surface area (Å²) >= 11 is 2.91. The van der Waals surface area contributed by atoms with E-state index in [1.54, 1.807) is 23.4 Å². The molecule has 0 aliphatic heterocycles. The van der Waals surface area contributed by atoms with E-state index in [1.165, 1.54) is 11.8 Å². The standard InChI is InChI=1S/C22H25N5O3S2/c1-27-19(13-23-20(28)11-15-7-9-17(30-2)10-8-15)25-26-22(27)32-14-21(29)24-16-5-4-6-18(12-16)31-3/h4-10,12H,11,13-14H2,1-3H3,(H,23,28)(H,24,29). The number of anilines is 1. The molecule has 168 valence electrons. The number of hydrogen-bond acceptors (Lipinski definition) is 7. The predicted molar refractivity (Wildman–Crippen MR) is 127 cm³/mol. The van der Waals surface area contributed by atoms with Crippen molar-refractivity contribution in [3.8, 4) is 5.75 Å². The number of nitrogens with one attached hydrogen (secondary N) is 2. The number of thioether (sulfide) groups is 2. The van der Waals surface area contributed by atoms with Crippen LogP contribution in [0.3, 0.4) is 0 Å². The number of aromatic nitrogens is 3. The fraction of sp³-hybridized carbons (Fsp3) is 0.273. The van der Waals surface area contributed by atoms with Crippen LogP contribution < -0.4 is 15.4 Å². The monoisotopic (exact) mass is 471 g/mol. The largest absolute Gasteiger partial charge is 0.497 e. The van der Waals surface area contributed by atoms with E-state index in [2.05, 4.69) is 20.8 Å². The van der Waals surface area contributed by atoms with Gasteiger partial charge in [0, 0.05) is 17.6 Å². The van der Waals surface area contributed by atoms with Crippen LogP contribution in [-0.4, -0.2) is 45.7 Å². The summed E-state index contributed by atoms with van der Waals surface area (Å²) in [6.45, 7) is 0.257.